The van der Waals surface area contributed by atoms with E-state index in [1.54, 1.807) is 6.07 Å². The molecule has 0 aromatic heterocycles. The Hall–Kier alpha value is -1.04. The summed E-state index contributed by atoms with van der Waals surface area (Å²) in [7, 11) is 0. The van der Waals surface area contributed by atoms with Gasteiger partial charge in [-0.15, -0.1) is 12.4 Å². The molecule has 2 nitrogen and oxygen atoms in total. The predicted molar refractivity (Wildman–Crippen MR) is 60.2 cm³/mol. The highest BCUT2D eigenvalue weighted by Crippen LogP contribution is 2.16. The maximum Gasteiger partial charge on any atom is 0.0991 e. The van der Waals surface area contributed by atoms with Crippen LogP contribution in [0.1, 0.15) is 36.9 Å². The Labute approximate surface area is 91.1 Å². The van der Waals surface area contributed by atoms with E-state index in [2.05, 4.69) is 13.0 Å². The van der Waals surface area contributed by atoms with Gasteiger partial charge in [-0.1, -0.05) is 25.5 Å². The zero-order chi connectivity index (χ0) is 9.68. The second-order valence-corrected chi connectivity index (χ2v) is 3.13. The molecule has 2 N–H and O–H groups in total. The van der Waals surface area contributed by atoms with Crippen molar-refractivity contribution >= 4 is 12.4 Å². The van der Waals surface area contributed by atoms with Gasteiger partial charge in [0.15, 0.2) is 0 Å². The zero-order valence-corrected chi connectivity index (χ0v) is 9.05. The average molecular weight is 211 g/mol. The second kappa shape index (κ2) is 6.42. The number of nitriles is 1. The van der Waals surface area contributed by atoms with Gasteiger partial charge < -0.3 is 5.73 Å². The highest BCUT2D eigenvalue weighted by molar-refractivity contribution is 5.85. The quantitative estimate of drug-likeness (QED) is 0.834. The number of nitrogens with zero attached hydrogens (tertiary/aromatic N) is 1. The third-order valence-corrected chi connectivity index (χ3v) is 2.04. The van der Waals surface area contributed by atoms with Crippen LogP contribution in [0.5, 0.6) is 0 Å². The summed E-state index contributed by atoms with van der Waals surface area (Å²) in [5.74, 6) is 0. The Morgan fingerprint density at radius 3 is 2.79 bits per heavy atom. The van der Waals surface area contributed by atoms with Crippen LogP contribution in [0.4, 0.5) is 0 Å². The first-order valence-corrected chi connectivity index (χ1v) is 4.53. The average Bonchev–Trinajstić information content (AvgIpc) is 2.18. The highest BCUT2D eigenvalue weighted by Gasteiger charge is 2.04. The normalized spacial score (nSPS) is 11.2. The first kappa shape index (κ1) is 13.0. The van der Waals surface area contributed by atoms with Crippen LogP contribution >= 0.6 is 12.4 Å². The van der Waals surface area contributed by atoms with Gasteiger partial charge in [0.1, 0.15) is 0 Å². The summed E-state index contributed by atoms with van der Waals surface area (Å²) in [5.41, 5.74) is 7.66. The van der Waals surface area contributed by atoms with Crippen LogP contribution in [-0.2, 0) is 0 Å². The summed E-state index contributed by atoms with van der Waals surface area (Å²) in [5, 5.41) is 8.68. The largest absolute Gasteiger partial charge is 0.324 e. The van der Waals surface area contributed by atoms with Crippen LogP contribution in [0.25, 0.3) is 0 Å². The van der Waals surface area contributed by atoms with E-state index >= 15 is 0 Å². The van der Waals surface area contributed by atoms with E-state index in [1.165, 1.54) is 0 Å². The zero-order valence-electron chi connectivity index (χ0n) is 8.23. The van der Waals surface area contributed by atoms with E-state index < -0.39 is 0 Å². The van der Waals surface area contributed by atoms with Crippen LogP contribution in [0.3, 0.4) is 0 Å². The number of hydrogen-bond acceptors (Lipinski definition) is 2. The third kappa shape index (κ3) is 3.37. The molecule has 14 heavy (non-hydrogen) atoms. The molecule has 0 aliphatic carbocycles. The van der Waals surface area contributed by atoms with E-state index in [9.17, 15) is 0 Å². The van der Waals surface area contributed by atoms with Crippen molar-refractivity contribution in [3.05, 3.63) is 35.4 Å². The maximum atomic E-state index is 8.68. The lowest BCUT2D eigenvalue weighted by atomic mass is 10.0. The molecule has 0 saturated carbocycles. The fraction of sp³-hybridized carbons (Fsp3) is 0.364. The molecule has 0 unspecified atom stereocenters. The number of nitrogens with two attached hydrogens (primary N) is 1. The lowest BCUT2D eigenvalue weighted by Crippen LogP contribution is -2.09. The fourth-order valence-electron chi connectivity index (χ4n) is 1.32. The van der Waals surface area contributed by atoms with Crippen molar-refractivity contribution in [2.24, 2.45) is 5.73 Å². The number of rotatable bonds is 3. The lowest BCUT2D eigenvalue weighted by molar-refractivity contribution is 0.638. The van der Waals surface area contributed by atoms with Gasteiger partial charge in [-0.25, -0.2) is 0 Å². The van der Waals surface area contributed by atoms with Crippen molar-refractivity contribution in [1.29, 1.82) is 5.26 Å². The molecule has 0 heterocycles. The molecule has 0 spiro atoms. The lowest BCUT2D eigenvalue weighted by Gasteiger charge is -2.10. The standard InChI is InChI=1S/C11H14N2.ClH/c1-2-4-11(13)10-6-3-5-9(7-10)8-12;/h3,5-7,11H,2,4,13H2,1H3;1H/t11-;/m1./s1. The van der Waals surface area contributed by atoms with Gasteiger partial charge in [-0.2, -0.15) is 5.26 Å². The molecule has 1 aromatic rings. The van der Waals surface area contributed by atoms with E-state index in [0.717, 1.165) is 18.4 Å². The predicted octanol–water partition coefficient (Wildman–Crippen LogP) is 2.78. The summed E-state index contributed by atoms with van der Waals surface area (Å²) in [6.07, 6.45) is 2.03. The van der Waals surface area contributed by atoms with Crippen LogP contribution < -0.4 is 5.73 Å². The smallest absolute Gasteiger partial charge is 0.0991 e. The maximum absolute atomic E-state index is 8.68. The van der Waals surface area contributed by atoms with Crippen molar-refractivity contribution in [3.63, 3.8) is 0 Å². The van der Waals surface area contributed by atoms with Crippen molar-refractivity contribution in [3.8, 4) is 6.07 Å². The number of benzene rings is 1. The molecule has 0 aliphatic rings. The Bertz CT molecular complexity index is 317. The molecule has 1 atom stereocenters. The van der Waals surface area contributed by atoms with E-state index in [1.807, 2.05) is 18.2 Å². The monoisotopic (exact) mass is 210 g/mol. The van der Waals surface area contributed by atoms with E-state index in [4.69, 9.17) is 11.0 Å². The molecule has 1 aromatic carbocycles. The Morgan fingerprint density at radius 2 is 2.21 bits per heavy atom. The Balaban J connectivity index is 0.00000169. The van der Waals surface area contributed by atoms with Gasteiger partial charge in [-0.05, 0) is 24.1 Å². The van der Waals surface area contributed by atoms with Crippen LogP contribution in [-0.4, -0.2) is 0 Å². The minimum absolute atomic E-state index is 0. The van der Waals surface area contributed by atoms with Crippen LogP contribution in [0, 0.1) is 11.3 Å². The van der Waals surface area contributed by atoms with E-state index in [0.29, 0.717) is 5.56 Å². The molecule has 0 bridgehead atoms. The van der Waals surface area contributed by atoms with Gasteiger partial charge >= 0.3 is 0 Å². The molecule has 0 amide bonds. The van der Waals surface area contributed by atoms with Crippen molar-refractivity contribution in [2.75, 3.05) is 0 Å². The highest BCUT2D eigenvalue weighted by atomic mass is 35.5. The minimum atomic E-state index is 0. The van der Waals surface area contributed by atoms with Crippen LogP contribution in [0.2, 0.25) is 0 Å². The van der Waals surface area contributed by atoms with Gasteiger partial charge in [0.25, 0.3) is 0 Å². The summed E-state index contributed by atoms with van der Waals surface area (Å²) < 4.78 is 0. The first-order chi connectivity index (χ1) is 6.27. The van der Waals surface area contributed by atoms with Gasteiger partial charge in [0.2, 0.25) is 0 Å². The first-order valence-electron chi connectivity index (χ1n) is 4.53. The Kier molecular flexibility index (Phi) is 5.94. The minimum Gasteiger partial charge on any atom is -0.324 e. The topological polar surface area (TPSA) is 49.8 Å². The van der Waals surface area contributed by atoms with Crippen molar-refractivity contribution in [2.45, 2.75) is 25.8 Å². The number of halogens is 1. The van der Waals surface area contributed by atoms with E-state index in [-0.39, 0.29) is 18.4 Å². The summed E-state index contributed by atoms with van der Waals surface area (Å²) in [4.78, 5) is 0. The molecule has 76 valence electrons. The van der Waals surface area contributed by atoms with Crippen LogP contribution in [0.15, 0.2) is 24.3 Å². The summed E-state index contributed by atoms with van der Waals surface area (Å²) >= 11 is 0. The summed E-state index contributed by atoms with van der Waals surface area (Å²) in [6, 6.07) is 9.68. The molecule has 0 saturated heterocycles. The molecule has 1 rings (SSSR count). The molecule has 0 radical (unpaired) electrons. The van der Waals surface area contributed by atoms with Crippen molar-refractivity contribution in [1.82, 2.24) is 0 Å². The van der Waals surface area contributed by atoms with Gasteiger partial charge in [0.05, 0.1) is 11.6 Å². The molecule has 3 heteroatoms. The summed E-state index contributed by atoms with van der Waals surface area (Å²) in [6.45, 7) is 2.11. The molecule has 0 fully saturated rings. The third-order valence-electron chi connectivity index (χ3n) is 2.04. The number of hydrogen-bond donors (Lipinski definition) is 1. The second-order valence-electron chi connectivity index (χ2n) is 3.13. The molecular weight excluding hydrogens is 196 g/mol. The van der Waals surface area contributed by atoms with Gasteiger partial charge in [0, 0.05) is 6.04 Å². The Morgan fingerprint density at radius 1 is 1.50 bits per heavy atom. The fourth-order valence-corrected chi connectivity index (χ4v) is 1.32. The molecular formula is C11H15ClN2. The van der Waals surface area contributed by atoms with Gasteiger partial charge in [-0.3, -0.25) is 0 Å². The SMILES string of the molecule is CCC[C@@H](N)c1cccc(C#N)c1.Cl. The molecule has 0 aliphatic heterocycles. The van der Waals surface area contributed by atoms with Crippen molar-refractivity contribution < 1.29 is 0 Å².